The number of nitrogens with zero attached hydrogens (tertiary/aromatic N) is 2. The molecule has 2 heterocycles. The number of carboxylic acid groups (broad SMARTS) is 1. The van der Waals surface area contributed by atoms with Gasteiger partial charge in [0.15, 0.2) is 0 Å². The SMILES string of the molecule is CC(N1CCC(C(=O)N[C@@H](Cc2cccc3c(-c4c(C(F)(F)F)c5ccccc5n(C)c4=O)cccc23)C(=O)O)(C(F)(F)F)CC1)C(F)(F)F. The molecule has 1 aliphatic rings. The maximum Gasteiger partial charge on any atom is 0.417 e. The van der Waals surface area contributed by atoms with Gasteiger partial charge in [0.05, 0.1) is 16.6 Å². The van der Waals surface area contributed by atoms with Crippen molar-refractivity contribution in [3.63, 3.8) is 0 Å². The Balaban J connectivity index is 1.53. The lowest BCUT2D eigenvalue weighted by atomic mass is 9.76. The van der Waals surface area contributed by atoms with Gasteiger partial charge in [0.1, 0.15) is 17.5 Å². The molecule has 16 heteroatoms. The summed E-state index contributed by atoms with van der Waals surface area (Å²) >= 11 is 0. The predicted molar refractivity (Wildman–Crippen MR) is 165 cm³/mol. The molecule has 0 bridgehead atoms. The number of aryl methyl sites for hydroxylation is 1. The van der Waals surface area contributed by atoms with Crippen LogP contribution in [-0.2, 0) is 29.2 Å². The molecule has 0 radical (unpaired) electrons. The van der Waals surface area contributed by atoms with E-state index in [-0.39, 0.29) is 32.8 Å². The first-order valence-corrected chi connectivity index (χ1v) is 15.3. The molecular formula is C34H30F9N3O4. The molecule has 7 nitrogen and oxygen atoms in total. The van der Waals surface area contributed by atoms with Gasteiger partial charge in [0, 0.05) is 31.9 Å². The van der Waals surface area contributed by atoms with Crippen molar-refractivity contribution >= 4 is 33.6 Å². The molecule has 2 atom stereocenters. The Labute approximate surface area is 278 Å². The number of pyridine rings is 1. The molecule has 1 amide bonds. The molecule has 1 unspecified atom stereocenters. The van der Waals surface area contributed by atoms with Gasteiger partial charge < -0.3 is 15.0 Å². The van der Waals surface area contributed by atoms with E-state index in [4.69, 9.17) is 0 Å². The van der Waals surface area contributed by atoms with Crippen LogP contribution in [0.25, 0.3) is 32.8 Å². The summed E-state index contributed by atoms with van der Waals surface area (Å²) in [5.74, 6) is -3.44. The van der Waals surface area contributed by atoms with Gasteiger partial charge in [-0.2, -0.15) is 39.5 Å². The predicted octanol–water partition coefficient (Wildman–Crippen LogP) is 7.08. The number of carboxylic acids is 1. The molecule has 0 spiro atoms. The van der Waals surface area contributed by atoms with E-state index in [0.29, 0.717) is 0 Å². The van der Waals surface area contributed by atoms with Crippen LogP contribution in [-0.4, -0.2) is 64.0 Å². The number of aromatic nitrogens is 1. The standard InChI is InChI=1S/C34H30F9N3O4/c1-18(32(35,36)37)46-15-13-31(14-16-46,34(41,42)43)30(50)44-24(29(48)49)17-19-7-5-10-21-20(19)9-6-11-22(21)26-27(33(38,39)40)23-8-3-4-12-25(23)45(2)28(26)47/h3-12,18,24H,13-17H2,1-2H3,(H,44,50)(H,48,49)/t18?,24-/m0/s1. The van der Waals surface area contributed by atoms with E-state index < -0.39 is 96.9 Å². The number of likely N-dealkylation sites (tertiary alicyclic amines) is 1. The number of aliphatic carboxylic acids is 1. The highest BCUT2D eigenvalue weighted by atomic mass is 19.4. The van der Waals surface area contributed by atoms with Gasteiger partial charge >= 0.3 is 24.5 Å². The van der Waals surface area contributed by atoms with E-state index in [2.05, 4.69) is 0 Å². The fourth-order valence-corrected chi connectivity index (χ4v) is 6.67. The first-order chi connectivity index (χ1) is 23.2. The fourth-order valence-electron chi connectivity index (χ4n) is 6.67. The third-order valence-electron chi connectivity index (χ3n) is 9.55. The Hall–Kier alpha value is -4.60. The Morgan fingerprint density at radius 1 is 0.860 bits per heavy atom. The van der Waals surface area contributed by atoms with Crippen LogP contribution in [0.4, 0.5) is 39.5 Å². The number of piperidine rings is 1. The number of hydrogen-bond donors (Lipinski definition) is 2. The minimum absolute atomic E-state index is 0.0340. The van der Waals surface area contributed by atoms with Crippen LogP contribution >= 0.6 is 0 Å². The van der Waals surface area contributed by atoms with Crippen molar-refractivity contribution in [1.29, 1.82) is 0 Å². The average Bonchev–Trinajstić information content (AvgIpc) is 3.04. The zero-order valence-electron chi connectivity index (χ0n) is 26.4. The molecule has 0 saturated carbocycles. The summed E-state index contributed by atoms with van der Waals surface area (Å²) in [5, 5.41) is 11.9. The molecule has 1 fully saturated rings. The maximum atomic E-state index is 14.6. The lowest BCUT2D eigenvalue weighted by Gasteiger charge is -2.43. The molecule has 1 aromatic heterocycles. The zero-order chi connectivity index (χ0) is 37.0. The van der Waals surface area contributed by atoms with Crippen molar-refractivity contribution in [2.75, 3.05) is 13.1 Å². The second-order valence-corrected chi connectivity index (χ2v) is 12.3. The number of fused-ring (bicyclic) bond motifs is 2. The Morgan fingerprint density at radius 3 is 2.02 bits per heavy atom. The number of para-hydroxylation sites is 1. The highest BCUT2D eigenvalue weighted by Crippen LogP contribution is 2.48. The molecule has 50 heavy (non-hydrogen) atoms. The quantitative estimate of drug-likeness (QED) is 0.200. The Kier molecular flexibility index (Phi) is 9.49. The molecular weight excluding hydrogens is 685 g/mol. The largest absolute Gasteiger partial charge is 0.480 e. The number of alkyl halides is 9. The van der Waals surface area contributed by atoms with E-state index in [1.54, 1.807) is 0 Å². The average molecular weight is 716 g/mol. The third-order valence-corrected chi connectivity index (χ3v) is 9.55. The van der Waals surface area contributed by atoms with Crippen molar-refractivity contribution in [1.82, 2.24) is 14.8 Å². The summed E-state index contributed by atoms with van der Waals surface area (Å²) in [6.45, 7) is -0.671. The summed E-state index contributed by atoms with van der Waals surface area (Å²) in [4.78, 5) is 39.9. The van der Waals surface area contributed by atoms with Gasteiger partial charge in [-0.15, -0.1) is 0 Å². The van der Waals surface area contributed by atoms with Gasteiger partial charge in [-0.25, -0.2) is 4.79 Å². The van der Waals surface area contributed by atoms with E-state index >= 15 is 0 Å². The van der Waals surface area contributed by atoms with Gasteiger partial charge in [-0.3, -0.25) is 14.5 Å². The Morgan fingerprint density at radius 2 is 1.44 bits per heavy atom. The van der Waals surface area contributed by atoms with Crippen molar-refractivity contribution < 1.29 is 54.2 Å². The van der Waals surface area contributed by atoms with Gasteiger partial charge in [0.2, 0.25) is 5.91 Å². The first-order valence-electron chi connectivity index (χ1n) is 15.3. The van der Waals surface area contributed by atoms with Crippen molar-refractivity contribution in [2.24, 2.45) is 12.5 Å². The van der Waals surface area contributed by atoms with Gasteiger partial charge in [-0.05, 0) is 47.7 Å². The van der Waals surface area contributed by atoms with Crippen LogP contribution in [0.15, 0.2) is 65.5 Å². The van der Waals surface area contributed by atoms with E-state index in [9.17, 15) is 59.0 Å². The number of rotatable bonds is 7. The molecule has 268 valence electrons. The van der Waals surface area contributed by atoms with Crippen LogP contribution in [0.1, 0.15) is 30.9 Å². The zero-order valence-corrected chi connectivity index (χ0v) is 26.4. The number of carbonyl (C=O) groups excluding carboxylic acids is 1. The van der Waals surface area contributed by atoms with Crippen molar-refractivity contribution in [3.05, 3.63) is 82.1 Å². The number of nitrogens with one attached hydrogen (secondary N) is 1. The van der Waals surface area contributed by atoms with E-state index in [0.717, 1.165) is 16.4 Å². The second kappa shape index (κ2) is 12.9. The second-order valence-electron chi connectivity index (χ2n) is 12.3. The molecule has 5 rings (SSSR count). The monoisotopic (exact) mass is 715 g/mol. The smallest absolute Gasteiger partial charge is 0.417 e. The van der Waals surface area contributed by atoms with Crippen LogP contribution in [0.3, 0.4) is 0 Å². The highest BCUT2D eigenvalue weighted by molar-refractivity contribution is 6.02. The summed E-state index contributed by atoms with van der Waals surface area (Å²) in [6.07, 6.45) is -17.6. The van der Waals surface area contributed by atoms with Crippen molar-refractivity contribution in [2.45, 2.75) is 56.8 Å². The topological polar surface area (TPSA) is 91.6 Å². The highest BCUT2D eigenvalue weighted by Gasteiger charge is 2.62. The van der Waals surface area contributed by atoms with Gasteiger partial charge in [-0.1, -0.05) is 54.6 Å². The Bertz CT molecular complexity index is 2010. The lowest BCUT2D eigenvalue weighted by Crippen LogP contribution is -2.60. The molecule has 4 aromatic rings. The summed E-state index contributed by atoms with van der Waals surface area (Å²) < 4.78 is 128. The molecule has 0 aliphatic carbocycles. The number of carbonyl (C=O) groups is 2. The number of amides is 1. The number of hydrogen-bond acceptors (Lipinski definition) is 4. The van der Waals surface area contributed by atoms with E-state index in [1.807, 2.05) is 5.32 Å². The van der Waals surface area contributed by atoms with Crippen LogP contribution in [0.2, 0.25) is 0 Å². The lowest BCUT2D eigenvalue weighted by molar-refractivity contribution is -0.240. The maximum absolute atomic E-state index is 14.6. The van der Waals surface area contributed by atoms with Crippen LogP contribution in [0.5, 0.6) is 0 Å². The van der Waals surface area contributed by atoms with Crippen molar-refractivity contribution in [3.8, 4) is 11.1 Å². The molecule has 2 N–H and O–H groups in total. The molecule has 1 saturated heterocycles. The summed E-state index contributed by atoms with van der Waals surface area (Å²) in [7, 11) is 1.32. The fraction of sp³-hybridized carbons (Fsp3) is 0.382. The van der Waals surface area contributed by atoms with Gasteiger partial charge in [0.25, 0.3) is 5.56 Å². The van der Waals surface area contributed by atoms with E-state index in [1.165, 1.54) is 67.7 Å². The number of benzene rings is 3. The molecule has 1 aliphatic heterocycles. The first kappa shape index (κ1) is 36.7. The number of halogens is 9. The van der Waals surface area contributed by atoms with Crippen LogP contribution in [0, 0.1) is 5.41 Å². The van der Waals surface area contributed by atoms with Crippen LogP contribution < -0.4 is 10.9 Å². The minimum atomic E-state index is -5.23. The summed E-state index contributed by atoms with van der Waals surface area (Å²) in [5.41, 5.74) is -5.95. The summed E-state index contributed by atoms with van der Waals surface area (Å²) in [6, 6.07) is 9.67. The molecule has 3 aromatic carbocycles. The minimum Gasteiger partial charge on any atom is -0.480 e. The third kappa shape index (κ3) is 6.52. The normalized spacial score (nSPS) is 17.1.